The molecule has 0 fully saturated rings. The number of hydrogen-bond donors (Lipinski definition) is 3. The van der Waals surface area contributed by atoms with Gasteiger partial charge >= 0.3 is 0 Å². The largest absolute Gasteiger partial charge is 0.507 e. The molecule has 4 nitrogen and oxygen atoms in total. The van der Waals surface area contributed by atoms with Gasteiger partial charge in [0.1, 0.15) is 5.75 Å². The lowest BCUT2D eigenvalue weighted by Gasteiger charge is -2.14. The molecule has 132 valence electrons. The van der Waals surface area contributed by atoms with Crippen LogP contribution in [-0.4, -0.2) is 16.6 Å². The van der Waals surface area contributed by atoms with Crippen molar-refractivity contribution in [1.29, 1.82) is 0 Å². The molecule has 0 radical (unpaired) electrons. The summed E-state index contributed by atoms with van der Waals surface area (Å²) in [6.45, 7) is 4.58. The molecule has 1 atom stereocenters. The summed E-state index contributed by atoms with van der Waals surface area (Å²) in [7, 11) is 0. The first-order valence-corrected chi connectivity index (χ1v) is 9.45. The van der Waals surface area contributed by atoms with Crippen LogP contribution in [-0.2, 0) is 0 Å². The summed E-state index contributed by atoms with van der Waals surface area (Å²) in [5.74, 6) is 0.504. The number of aromatic nitrogens is 1. The number of phenolic OH excluding ortho intramolecular Hbond substituents is 1. The first-order valence-electron chi connectivity index (χ1n) is 8.57. The summed E-state index contributed by atoms with van der Waals surface area (Å²) in [6.07, 6.45) is 0. The van der Waals surface area contributed by atoms with E-state index in [2.05, 4.69) is 24.0 Å². The number of thiophene rings is 1. The molecule has 2 heterocycles. The zero-order valence-electron chi connectivity index (χ0n) is 14.7. The van der Waals surface area contributed by atoms with Gasteiger partial charge in [-0.3, -0.25) is 4.79 Å². The second kappa shape index (κ2) is 6.27. The first-order chi connectivity index (χ1) is 12.5. The van der Waals surface area contributed by atoms with E-state index in [0.29, 0.717) is 11.9 Å². The summed E-state index contributed by atoms with van der Waals surface area (Å²) in [5, 5.41) is 14.2. The van der Waals surface area contributed by atoms with Crippen molar-refractivity contribution in [2.24, 2.45) is 5.73 Å². The third kappa shape index (κ3) is 2.52. The molecular formula is C21H20N2O2S. The highest BCUT2D eigenvalue weighted by molar-refractivity contribution is 7.18. The highest BCUT2D eigenvalue weighted by Crippen LogP contribution is 2.41. The number of aryl methyl sites for hydroxylation is 1. The van der Waals surface area contributed by atoms with E-state index >= 15 is 0 Å². The molecule has 2 aromatic carbocycles. The minimum absolute atomic E-state index is 0.0967. The Morgan fingerprint density at radius 2 is 1.96 bits per heavy atom. The Morgan fingerprint density at radius 1 is 1.23 bits per heavy atom. The Morgan fingerprint density at radius 3 is 2.65 bits per heavy atom. The quantitative estimate of drug-likeness (QED) is 0.501. The molecule has 5 heteroatoms. The van der Waals surface area contributed by atoms with Crippen molar-refractivity contribution < 1.29 is 5.11 Å². The van der Waals surface area contributed by atoms with Crippen LogP contribution in [0, 0.1) is 6.92 Å². The molecule has 0 saturated carbocycles. The molecular weight excluding hydrogens is 344 g/mol. The molecule has 26 heavy (non-hydrogen) atoms. The fraction of sp³-hybridized carbons (Fsp3) is 0.190. The van der Waals surface area contributed by atoms with Crippen molar-refractivity contribution >= 4 is 32.3 Å². The van der Waals surface area contributed by atoms with E-state index in [-0.39, 0.29) is 17.2 Å². The van der Waals surface area contributed by atoms with Crippen LogP contribution in [0.2, 0.25) is 0 Å². The monoisotopic (exact) mass is 364 g/mol. The smallest absolute Gasteiger partial charge is 0.257 e. The van der Waals surface area contributed by atoms with Crippen molar-refractivity contribution in [3.05, 3.63) is 63.3 Å². The van der Waals surface area contributed by atoms with Crippen molar-refractivity contribution in [3.8, 4) is 16.9 Å². The number of pyridine rings is 1. The van der Waals surface area contributed by atoms with Gasteiger partial charge in [-0.15, -0.1) is 11.3 Å². The fourth-order valence-electron chi connectivity index (χ4n) is 3.46. The van der Waals surface area contributed by atoms with E-state index in [4.69, 9.17) is 5.73 Å². The summed E-state index contributed by atoms with van der Waals surface area (Å²) in [6, 6.07) is 11.7. The predicted molar refractivity (Wildman–Crippen MR) is 109 cm³/mol. The van der Waals surface area contributed by atoms with Crippen LogP contribution >= 0.6 is 11.3 Å². The van der Waals surface area contributed by atoms with Gasteiger partial charge in [-0.2, -0.15) is 0 Å². The van der Waals surface area contributed by atoms with Crippen LogP contribution in [0.1, 0.15) is 24.0 Å². The lowest BCUT2D eigenvalue weighted by atomic mass is 9.93. The van der Waals surface area contributed by atoms with Gasteiger partial charge in [-0.25, -0.2) is 0 Å². The van der Waals surface area contributed by atoms with E-state index < -0.39 is 0 Å². The standard InChI is InChI=1S/C21H20N2O2S/c1-11-9-16(24)17(14-5-3-13(4-6-14)12(2)10-22)18-19(11)23-21(25)15-7-8-26-20(15)18/h3-9,12,24H,10,22H2,1-2H3,(H,23,25)/t12-/m0/s1. The zero-order chi connectivity index (χ0) is 18.4. The molecule has 2 aromatic heterocycles. The number of fused-ring (bicyclic) bond motifs is 3. The van der Waals surface area contributed by atoms with Gasteiger partial charge in [0, 0.05) is 15.6 Å². The minimum atomic E-state index is -0.0967. The number of rotatable bonds is 3. The maximum atomic E-state index is 12.4. The van der Waals surface area contributed by atoms with Crippen LogP contribution in [0.3, 0.4) is 0 Å². The predicted octanol–water partition coefficient (Wildman–Crippen LogP) is 4.49. The molecule has 0 bridgehead atoms. The van der Waals surface area contributed by atoms with Crippen LogP contribution < -0.4 is 11.3 Å². The van der Waals surface area contributed by atoms with E-state index in [1.165, 1.54) is 16.9 Å². The molecule has 4 rings (SSSR count). The minimum Gasteiger partial charge on any atom is -0.507 e. The van der Waals surface area contributed by atoms with E-state index in [1.807, 2.05) is 30.5 Å². The number of benzene rings is 2. The molecule has 0 saturated heterocycles. The number of nitrogens with one attached hydrogen (secondary N) is 1. The Kier molecular flexibility index (Phi) is 4.05. The lowest BCUT2D eigenvalue weighted by molar-refractivity contribution is 0.477. The molecule has 0 spiro atoms. The Balaban J connectivity index is 2.06. The summed E-state index contributed by atoms with van der Waals surface area (Å²) < 4.78 is 0.900. The molecule has 0 aliphatic heterocycles. The molecule has 0 aliphatic carbocycles. The van der Waals surface area contributed by atoms with Crippen molar-refractivity contribution in [2.75, 3.05) is 6.54 Å². The maximum absolute atomic E-state index is 12.4. The maximum Gasteiger partial charge on any atom is 0.257 e. The second-order valence-corrected chi connectivity index (χ2v) is 7.63. The van der Waals surface area contributed by atoms with Gasteiger partial charge in [-0.1, -0.05) is 31.2 Å². The fourth-order valence-corrected chi connectivity index (χ4v) is 4.41. The van der Waals surface area contributed by atoms with Crippen molar-refractivity contribution in [2.45, 2.75) is 19.8 Å². The molecule has 4 aromatic rings. The Labute approximate surface area is 154 Å². The third-order valence-electron chi connectivity index (χ3n) is 5.00. The molecule has 0 unspecified atom stereocenters. The van der Waals surface area contributed by atoms with Gasteiger partial charge < -0.3 is 15.8 Å². The SMILES string of the molecule is Cc1cc(O)c(-c2ccc([C@@H](C)CN)cc2)c2c1[nH]c(=O)c1ccsc12. The number of hydrogen-bond acceptors (Lipinski definition) is 4. The van der Waals surface area contributed by atoms with Gasteiger partial charge in [0.15, 0.2) is 0 Å². The number of aromatic hydroxyl groups is 1. The Hall–Kier alpha value is -2.63. The highest BCUT2D eigenvalue weighted by atomic mass is 32.1. The van der Waals surface area contributed by atoms with Crippen molar-refractivity contribution in [1.82, 2.24) is 4.98 Å². The van der Waals surface area contributed by atoms with E-state index in [0.717, 1.165) is 32.3 Å². The normalized spacial score (nSPS) is 12.7. The molecule has 0 aliphatic rings. The zero-order valence-corrected chi connectivity index (χ0v) is 15.5. The van der Waals surface area contributed by atoms with Crippen LogP contribution in [0.15, 0.2) is 46.6 Å². The average Bonchev–Trinajstić information content (AvgIpc) is 3.13. The van der Waals surface area contributed by atoms with E-state index in [9.17, 15) is 9.90 Å². The molecule has 0 amide bonds. The van der Waals surface area contributed by atoms with Gasteiger partial charge in [-0.05, 0) is 53.6 Å². The summed E-state index contributed by atoms with van der Waals surface area (Å²) in [5.41, 5.74) is 10.1. The van der Waals surface area contributed by atoms with E-state index in [1.54, 1.807) is 6.07 Å². The topological polar surface area (TPSA) is 79.1 Å². The Bertz CT molecular complexity index is 1170. The summed E-state index contributed by atoms with van der Waals surface area (Å²) >= 11 is 1.52. The van der Waals surface area contributed by atoms with Crippen LogP contribution in [0.4, 0.5) is 0 Å². The second-order valence-electron chi connectivity index (χ2n) is 6.71. The molecule has 4 N–H and O–H groups in total. The number of aromatic amines is 1. The third-order valence-corrected chi connectivity index (χ3v) is 5.93. The van der Waals surface area contributed by atoms with Gasteiger partial charge in [0.05, 0.1) is 10.9 Å². The van der Waals surface area contributed by atoms with Gasteiger partial charge in [0.25, 0.3) is 5.56 Å². The van der Waals surface area contributed by atoms with Gasteiger partial charge in [0.2, 0.25) is 0 Å². The number of H-pyrrole nitrogens is 1. The average molecular weight is 364 g/mol. The first kappa shape index (κ1) is 16.8. The summed E-state index contributed by atoms with van der Waals surface area (Å²) in [4.78, 5) is 15.4. The highest BCUT2D eigenvalue weighted by Gasteiger charge is 2.17. The lowest BCUT2D eigenvalue weighted by Crippen LogP contribution is -2.08. The number of phenols is 1. The number of nitrogens with two attached hydrogens (primary N) is 1. The van der Waals surface area contributed by atoms with Crippen molar-refractivity contribution in [3.63, 3.8) is 0 Å². The van der Waals surface area contributed by atoms with Crippen LogP contribution in [0.25, 0.3) is 32.1 Å². The van der Waals surface area contributed by atoms with Crippen LogP contribution in [0.5, 0.6) is 5.75 Å².